The minimum atomic E-state index is 0.550. The standard InChI is InChI=1S/C16H32N2S/c1-3-17-13-16(9-6-4-5-7-10-16)14-18(2)15-8-11-19-12-15/h15,17H,3-14H2,1-2H3. The minimum Gasteiger partial charge on any atom is -0.316 e. The molecule has 0 amide bonds. The van der Waals surface area contributed by atoms with Gasteiger partial charge in [0.05, 0.1) is 0 Å². The average molecular weight is 285 g/mol. The van der Waals surface area contributed by atoms with Gasteiger partial charge < -0.3 is 10.2 Å². The van der Waals surface area contributed by atoms with E-state index in [1.165, 1.54) is 69.5 Å². The summed E-state index contributed by atoms with van der Waals surface area (Å²) in [5.74, 6) is 2.73. The number of nitrogens with one attached hydrogen (secondary N) is 1. The molecule has 19 heavy (non-hydrogen) atoms. The summed E-state index contributed by atoms with van der Waals surface area (Å²) < 4.78 is 0. The third-order valence-electron chi connectivity index (χ3n) is 5.03. The molecule has 112 valence electrons. The highest BCUT2D eigenvalue weighted by atomic mass is 32.2. The molecule has 1 N–H and O–H groups in total. The van der Waals surface area contributed by atoms with E-state index in [0.717, 1.165) is 12.6 Å². The molecule has 1 saturated carbocycles. The van der Waals surface area contributed by atoms with Gasteiger partial charge in [0.1, 0.15) is 0 Å². The van der Waals surface area contributed by atoms with Crippen molar-refractivity contribution in [2.45, 2.75) is 57.9 Å². The minimum absolute atomic E-state index is 0.550. The van der Waals surface area contributed by atoms with Crippen LogP contribution in [0.5, 0.6) is 0 Å². The molecule has 2 rings (SSSR count). The lowest BCUT2D eigenvalue weighted by atomic mass is 9.79. The molecule has 2 aliphatic rings. The second-order valence-electron chi connectivity index (χ2n) is 6.63. The summed E-state index contributed by atoms with van der Waals surface area (Å²) in [4.78, 5) is 2.68. The second kappa shape index (κ2) is 7.90. The van der Waals surface area contributed by atoms with Crippen molar-refractivity contribution in [2.24, 2.45) is 5.41 Å². The molecule has 0 aromatic carbocycles. The Bertz CT molecular complexity index is 243. The number of hydrogen-bond donors (Lipinski definition) is 1. The molecule has 0 aromatic rings. The molecule has 1 aliphatic heterocycles. The Balaban J connectivity index is 1.94. The molecular formula is C16H32N2S. The Morgan fingerprint density at radius 1 is 1.21 bits per heavy atom. The van der Waals surface area contributed by atoms with E-state index in [1.807, 2.05) is 0 Å². The Labute approximate surface area is 124 Å². The Hall–Kier alpha value is 0.270. The summed E-state index contributed by atoms with van der Waals surface area (Å²) in [6.45, 7) is 5.89. The van der Waals surface area contributed by atoms with Gasteiger partial charge in [-0.25, -0.2) is 0 Å². The van der Waals surface area contributed by atoms with Gasteiger partial charge in [0, 0.05) is 24.9 Å². The molecule has 0 bridgehead atoms. The SMILES string of the molecule is CCNCC1(CN(C)C2CCSC2)CCCCCC1. The molecule has 2 nitrogen and oxygen atoms in total. The van der Waals surface area contributed by atoms with E-state index in [1.54, 1.807) is 0 Å². The second-order valence-corrected chi connectivity index (χ2v) is 7.78. The monoisotopic (exact) mass is 284 g/mol. The van der Waals surface area contributed by atoms with Crippen molar-refractivity contribution in [2.75, 3.05) is 38.2 Å². The highest BCUT2D eigenvalue weighted by Gasteiger charge is 2.34. The summed E-state index contributed by atoms with van der Waals surface area (Å²) >= 11 is 2.14. The van der Waals surface area contributed by atoms with Crippen LogP contribution in [-0.2, 0) is 0 Å². The van der Waals surface area contributed by atoms with Gasteiger partial charge in [-0.3, -0.25) is 0 Å². The first-order valence-corrected chi connectivity index (χ1v) is 9.40. The van der Waals surface area contributed by atoms with Crippen LogP contribution in [0.2, 0.25) is 0 Å². The molecule has 1 atom stereocenters. The van der Waals surface area contributed by atoms with Crippen LogP contribution in [-0.4, -0.2) is 49.1 Å². The van der Waals surface area contributed by atoms with E-state index in [0.29, 0.717) is 5.41 Å². The summed E-state index contributed by atoms with van der Waals surface area (Å²) in [5.41, 5.74) is 0.550. The molecule has 1 saturated heterocycles. The van der Waals surface area contributed by atoms with Gasteiger partial charge in [-0.2, -0.15) is 11.8 Å². The maximum absolute atomic E-state index is 3.65. The lowest BCUT2D eigenvalue weighted by Gasteiger charge is -2.39. The molecule has 0 aromatic heterocycles. The van der Waals surface area contributed by atoms with Crippen molar-refractivity contribution in [1.29, 1.82) is 0 Å². The van der Waals surface area contributed by atoms with E-state index < -0.39 is 0 Å². The fourth-order valence-corrected chi connectivity index (χ4v) is 5.09. The molecule has 3 heteroatoms. The van der Waals surface area contributed by atoms with Gasteiger partial charge >= 0.3 is 0 Å². The Morgan fingerprint density at radius 2 is 1.95 bits per heavy atom. The molecule has 2 fully saturated rings. The van der Waals surface area contributed by atoms with Crippen LogP contribution in [0.4, 0.5) is 0 Å². The predicted octanol–water partition coefficient (Wildman–Crippen LogP) is 3.37. The lowest BCUT2D eigenvalue weighted by Crippen LogP contribution is -2.46. The van der Waals surface area contributed by atoms with Crippen LogP contribution in [0.15, 0.2) is 0 Å². The van der Waals surface area contributed by atoms with Crippen LogP contribution in [0.1, 0.15) is 51.9 Å². The topological polar surface area (TPSA) is 15.3 Å². The highest BCUT2D eigenvalue weighted by Crippen LogP contribution is 2.36. The molecule has 1 heterocycles. The first-order chi connectivity index (χ1) is 9.26. The first kappa shape index (κ1) is 15.7. The van der Waals surface area contributed by atoms with Crippen molar-refractivity contribution < 1.29 is 0 Å². The van der Waals surface area contributed by atoms with Crippen molar-refractivity contribution in [3.63, 3.8) is 0 Å². The van der Waals surface area contributed by atoms with Gasteiger partial charge in [0.25, 0.3) is 0 Å². The van der Waals surface area contributed by atoms with E-state index >= 15 is 0 Å². The van der Waals surface area contributed by atoms with Crippen molar-refractivity contribution in [3.05, 3.63) is 0 Å². The van der Waals surface area contributed by atoms with E-state index in [-0.39, 0.29) is 0 Å². The largest absolute Gasteiger partial charge is 0.316 e. The highest BCUT2D eigenvalue weighted by molar-refractivity contribution is 7.99. The van der Waals surface area contributed by atoms with E-state index in [9.17, 15) is 0 Å². The third-order valence-corrected chi connectivity index (χ3v) is 6.17. The Kier molecular flexibility index (Phi) is 6.51. The lowest BCUT2D eigenvalue weighted by molar-refractivity contribution is 0.123. The van der Waals surface area contributed by atoms with Crippen molar-refractivity contribution in [3.8, 4) is 0 Å². The van der Waals surface area contributed by atoms with Crippen molar-refractivity contribution in [1.82, 2.24) is 10.2 Å². The van der Waals surface area contributed by atoms with Gasteiger partial charge in [-0.05, 0) is 44.0 Å². The number of hydrogen-bond acceptors (Lipinski definition) is 3. The van der Waals surface area contributed by atoms with Gasteiger partial charge in [-0.1, -0.05) is 32.6 Å². The van der Waals surface area contributed by atoms with E-state index in [4.69, 9.17) is 0 Å². The fraction of sp³-hybridized carbons (Fsp3) is 1.00. The summed E-state index contributed by atoms with van der Waals surface area (Å²) in [6.07, 6.45) is 10.1. The fourth-order valence-electron chi connectivity index (χ4n) is 3.79. The smallest absolute Gasteiger partial charge is 0.0191 e. The van der Waals surface area contributed by atoms with Crippen LogP contribution in [0.3, 0.4) is 0 Å². The van der Waals surface area contributed by atoms with Gasteiger partial charge in [-0.15, -0.1) is 0 Å². The zero-order chi connectivity index (χ0) is 13.6. The van der Waals surface area contributed by atoms with Gasteiger partial charge in [0.15, 0.2) is 0 Å². The molecule has 1 unspecified atom stereocenters. The molecule has 0 spiro atoms. The van der Waals surface area contributed by atoms with Crippen LogP contribution < -0.4 is 5.32 Å². The van der Waals surface area contributed by atoms with E-state index in [2.05, 4.69) is 35.9 Å². The zero-order valence-corrected chi connectivity index (χ0v) is 13.7. The molecule has 1 aliphatic carbocycles. The van der Waals surface area contributed by atoms with Crippen LogP contribution in [0, 0.1) is 5.41 Å². The maximum atomic E-state index is 3.65. The average Bonchev–Trinajstić information content (AvgIpc) is 2.86. The summed E-state index contributed by atoms with van der Waals surface area (Å²) in [7, 11) is 2.37. The number of nitrogens with zero attached hydrogens (tertiary/aromatic N) is 1. The quantitative estimate of drug-likeness (QED) is 0.753. The summed E-state index contributed by atoms with van der Waals surface area (Å²) in [6, 6.07) is 0.840. The van der Waals surface area contributed by atoms with Gasteiger partial charge in [0.2, 0.25) is 0 Å². The molecule has 0 radical (unpaired) electrons. The zero-order valence-electron chi connectivity index (χ0n) is 12.9. The predicted molar refractivity (Wildman–Crippen MR) is 87.0 cm³/mol. The number of thioether (sulfide) groups is 1. The molecular weight excluding hydrogens is 252 g/mol. The third kappa shape index (κ3) is 4.64. The summed E-state index contributed by atoms with van der Waals surface area (Å²) in [5, 5.41) is 3.65. The number of rotatable bonds is 6. The van der Waals surface area contributed by atoms with Crippen LogP contribution in [0.25, 0.3) is 0 Å². The van der Waals surface area contributed by atoms with Crippen molar-refractivity contribution >= 4 is 11.8 Å². The normalized spacial score (nSPS) is 27.6. The maximum Gasteiger partial charge on any atom is 0.0191 e. The van der Waals surface area contributed by atoms with Crippen LogP contribution >= 0.6 is 11.8 Å². The Morgan fingerprint density at radius 3 is 2.53 bits per heavy atom. The first-order valence-electron chi connectivity index (χ1n) is 8.24.